The Labute approximate surface area is 97.6 Å². The van der Waals surface area contributed by atoms with E-state index in [0.717, 1.165) is 0 Å². The van der Waals surface area contributed by atoms with Gasteiger partial charge in [-0.2, -0.15) is 0 Å². The normalized spacial score (nSPS) is 12.5. The number of ether oxygens (including phenoxy) is 1. The van der Waals surface area contributed by atoms with Gasteiger partial charge in [0.2, 0.25) is 0 Å². The quantitative estimate of drug-likeness (QED) is 0.891. The molecule has 0 bridgehead atoms. The molecule has 5 heteroatoms. The Morgan fingerprint density at radius 2 is 1.93 bits per heavy atom. The van der Waals surface area contributed by atoms with Gasteiger partial charge in [-0.1, -0.05) is 23.2 Å². The largest absolute Gasteiger partial charge is 0.479 e. The molecule has 0 aromatic heterocycles. The van der Waals surface area contributed by atoms with Crippen LogP contribution in [0.4, 0.5) is 0 Å². The molecule has 0 amide bonds. The van der Waals surface area contributed by atoms with Gasteiger partial charge >= 0.3 is 5.97 Å². The topological polar surface area (TPSA) is 46.5 Å². The third kappa shape index (κ3) is 3.38. The second-order valence-corrected chi connectivity index (χ2v) is 3.75. The summed E-state index contributed by atoms with van der Waals surface area (Å²) in [6.45, 7) is 2.03. The Balaban J connectivity index is 3.05. The van der Waals surface area contributed by atoms with Crippen LogP contribution in [0, 0.1) is 0 Å². The molecule has 1 aromatic carbocycles. The van der Waals surface area contributed by atoms with Crippen LogP contribution in [-0.4, -0.2) is 17.7 Å². The van der Waals surface area contributed by atoms with Crippen molar-refractivity contribution in [3.05, 3.63) is 33.8 Å². The fourth-order valence-electron chi connectivity index (χ4n) is 1.20. The molecule has 0 aliphatic heterocycles. The molecule has 3 nitrogen and oxygen atoms in total. The first-order valence-electron chi connectivity index (χ1n) is 4.35. The van der Waals surface area contributed by atoms with Crippen molar-refractivity contribution in [2.45, 2.75) is 13.0 Å². The predicted octanol–water partition coefficient (Wildman–Crippen LogP) is 3.16. The number of carboxylic acids is 1. The number of carbonyl (C=O) groups is 1. The number of hydrogen-bond donors (Lipinski definition) is 1. The molecule has 1 rings (SSSR count). The molecule has 15 heavy (non-hydrogen) atoms. The number of aliphatic carboxylic acids is 1. The lowest BCUT2D eigenvalue weighted by Crippen LogP contribution is -2.15. The lowest BCUT2D eigenvalue weighted by Gasteiger charge is -2.13. The minimum absolute atomic E-state index is 0.307. The van der Waals surface area contributed by atoms with Gasteiger partial charge in [0.1, 0.15) is 0 Å². The summed E-state index contributed by atoms with van der Waals surface area (Å²) in [4.78, 5) is 10.9. The summed E-state index contributed by atoms with van der Waals surface area (Å²) in [6, 6.07) is 4.60. The van der Waals surface area contributed by atoms with E-state index in [1.165, 1.54) is 18.2 Å². The van der Waals surface area contributed by atoms with Crippen LogP contribution >= 0.6 is 23.2 Å². The third-order valence-corrected chi connectivity index (χ3v) is 2.18. The van der Waals surface area contributed by atoms with Crippen LogP contribution in [0.25, 0.3) is 0 Å². The monoisotopic (exact) mass is 248 g/mol. The summed E-state index contributed by atoms with van der Waals surface area (Å²) in [5, 5.41) is 9.71. The summed E-state index contributed by atoms with van der Waals surface area (Å²) in [6.07, 6.45) is -1.02. The molecule has 0 aliphatic carbocycles. The molecule has 82 valence electrons. The Bertz CT molecular complexity index is 345. The van der Waals surface area contributed by atoms with Gasteiger partial charge in [0, 0.05) is 16.7 Å². The first-order valence-corrected chi connectivity index (χ1v) is 5.10. The average Bonchev–Trinajstić information content (AvgIpc) is 2.11. The maximum absolute atomic E-state index is 10.9. The van der Waals surface area contributed by atoms with Gasteiger partial charge < -0.3 is 9.84 Å². The van der Waals surface area contributed by atoms with Crippen LogP contribution in [0.3, 0.4) is 0 Å². The van der Waals surface area contributed by atoms with E-state index in [1.54, 1.807) is 6.92 Å². The van der Waals surface area contributed by atoms with Crippen molar-refractivity contribution in [2.24, 2.45) is 0 Å². The van der Waals surface area contributed by atoms with E-state index in [-0.39, 0.29) is 0 Å². The lowest BCUT2D eigenvalue weighted by atomic mass is 10.1. The van der Waals surface area contributed by atoms with E-state index in [9.17, 15) is 4.79 Å². The molecule has 0 saturated carbocycles. The standard InChI is InChI=1S/C10H10Cl2O3/c1-2-15-9(10(13)14)6-3-7(11)5-8(12)4-6/h3-5,9H,2H2,1H3,(H,13,14). The van der Waals surface area contributed by atoms with Crippen molar-refractivity contribution in [3.63, 3.8) is 0 Å². The van der Waals surface area contributed by atoms with Crippen molar-refractivity contribution in [2.75, 3.05) is 6.61 Å². The molecule has 0 saturated heterocycles. The maximum Gasteiger partial charge on any atom is 0.337 e. The highest BCUT2D eigenvalue weighted by atomic mass is 35.5. The zero-order valence-corrected chi connectivity index (χ0v) is 9.55. The average molecular weight is 249 g/mol. The smallest absolute Gasteiger partial charge is 0.337 e. The number of halogens is 2. The molecule has 1 atom stereocenters. The van der Waals surface area contributed by atoms with Gasteiger partial charge in [0.05, 0.1) is 0 Å². The molecular formula is C10H10Cl2O3. The molecule has 1 unspecified atom stereocenters. The van der Waals surface area contributed by atoms with Crippen molar-refractivity contribution in [1.29, 1.82) is 0 Å². The van der Waals surface area contributed by atoms with E-state index in [1.807, 2.05) is 0 Å². The van der Waals surface area contributed by atoms with Crippen molar-refractivity contribution in [1.82, 2.24) is 0 Å². The number of hydrogen-bond acceptors (Lipinski definition) is 2. The highest BCUT2D eigenvalue weighted by molar-refractivity contribution is 6.34. The van der Waals surface area contributed by atoms with Gasteiger partial charge in [-0.05, 0) is 30.7 Å². The number of benzene rings is 1. The van der Waals surface area contributed by atoms with Crippen LogP contribution in [0.2, 0.25) is 10.0 Å². The molecule has 0 spiro atoms. The van der Waals surface area contributed by atoms with Crippen LogP contribution < -0.4 is 0 Å². The summed E-state index contributed by atoms with van der Waals surface area (Å²) in [5.41, 5.74) is 0.446. The molecule has 0 radical (unpaired) electrons. The highest BCUT2D eigenvalue weighted by Gasteiger charge is 2.20. The molecule has 1 N–H and O–H groups in total. The van der Waals surface area contributed by atoms with Crippen molar-refractivity contribution >= 4 is 29.2 Å². The van der Waals surface area contributed by atoms with Crippen molar-refractivity contribution in [3.8, 4) is 0 Å². The Hall–Kier alpha value is -0.770. The van der Waals surface area contributed by atoms with E-state index in [0.29, 0.717) is 22.2 Å². The van der Waals surface area contributed by atoms with Gasteiger partial charge in [0.25, 0.3) is 0 Å². The summed E-state index contributed by atoms with van der Waals surface area (Å²) in [5.74, 6) is -1.06. The van der Waals surface area contributed by atoms with E-state index in [2.05, 4.69) is 0 Å². The predicted molar refractivity (Wildman–Crippen MR) is 58.5 cm³/mol. The summed E-state index contributed by atoms with van der Waals surface area (Å²) in [7, 11) is 0. The molecule has 0 heterocycles. The fraction of sp³-hybridized carbons (Fsp3) is 0.300. The van der Waals surface area contributed by atoms with E-state index in [4.69, 9.17) is 33.0 Å². The molecule has 0 fully saturated rings. The zero-order valence-electron chi connectivity index (χ0n) is 8.04. The van der Waals surface area contributed by atoms with Crippen LogP contribution in [0.15, 0.2) is 18.2 Å². The van der Waals surface area contributed by atoms with Gasteiger partial charge in [-0.3, -0.25) is 0 Å². The second-order valence-electron chi connectivity index (χ2n) is 2.88. The third-order valence-electron chi connectivity index (χ3n) is 1.75. The van der Waals surface area contributed by atoms with Crippen LogP contribution in [0.1, 0.15) is 18.6 Å². The number of rotatable bonds is 4. The fourth-order valence-corrected chi connectivity index (χ4v) is 1.75. The van der Waals surface area contributed by atoms with E-state index >= 15 is 0 Å². The highest BCUT2D eigenvalue weighted by Crippen LogP contribution is 2.25. The minimum atomic E-state index is -1.06. The van der Waals surface area contributed by atoms with Crippen LogP contribution in [-0.2, 0) is 9.53 Å². The molecular weight excluding hydrogens is 239 g/mol. The molecule has 1 aromatic rings. The first kappa shape index (κ1) is 12.3. The van der Waals surface area contributed by atoms with Gasteiger partial charge in [-0.15, -0.1) is 0 Å². The Morgan fingerprint density at radius 3 is 2.33 bits per heavy atom. The summed E-state index contributed by atoms with van der Waals surface area (Å²) < 4.78 is 5.08. The number of carboxylic acid groups (broad SMARTS) is 1. The SMILES string of the molecule is CCOC(C(=O)O)c1cc(Cl)cc(Cl)c1. The van der Waals surface area contributed by atoms with Gasteiger partial charge in [-0.25, -0.2) is 4.79 Å². The zero-order chi connectivity index (χ0) is 11.4. The second kappa shape index (κ2) is 5.35. The minimum Gasteiger partial charge on any atom is -0.479 e. The Morgan fingerprint density at radius 1 is 1.40 bits per heavy atom. The van der Waals surface area contributed by atoms with E-state index < -0.39 is 12.1 Å². The molecule has 0 aliphatic rings. The van der Waals surface area contributed by atoms with Crippen molar-refractivity contribution < 1.29 is 14.6 Å². The first-order chi connectivity index (χ1) is 7.04. The van der Waals surface area contributed by atoms with Crippen LogP contribution in [0.5, 0.6) is 0 Å². The maximum atomic E-state index is 10.9. The Kier molecular flexibility index (Phi) is 4.39. The van der Waals surface area contributed by atoms with Gasteiger partial charge in [0.15, 0.2) is 6.10 Å². The summed E-state index contributed by atoms with van der Waals surface area (Å²) >= 11 is 11.5. The lowest BCUT2D eigenvalue weighted by molar-refractivity contribution is -0.150.